The van der Waals surface area contributed by atoms with Crippen molar-refractivity contribution in [2.24, 2.45) is 0 Å². The monoisotopic (exact) mass is 267 g/mol. The number of rotatable bonds is 5. The predicted molar refractivity (Wildman–Crippen MR) is 75.8 cm³/mol. The van der Waals surface area contributed by atoms with Crippen molar-refractivity contribution in [1.82, 2.24) is 15.2 Å². The Labute approximate surface area is 115 Å². The summed E-state index contributed by atoms with van der Waals surface area (Å²) in [4.78, 5) is 6.59. The van der Waals surface area contributed by atoms with Gasteiger partial charge in [0, 0.05) is 31.5 Å². The number of aromatic nitrogens is 1. The number of nitrogens with zero attached hydrogens (tertiary/aromatic N) is 2. The molecule has 1 fully saturated rings. The highest BCUT2D eigenvalue weighted by molar-refractivity contribution is 6.31. The fourth-order valence-electron chi connectivity index (χ4n) is 2.56. The molecule has 4 heteroatoms. The first kappa shape index (κ1) is 13.8. The number of piperidine rings is 1. The molecule has 1 N–H and O–H groups in total. The van der Waals surface area contributed by atoms with Gasteiger partial charge in [-0.2, -0.15) is 0 Å². The average molecular weight is 268 g/mol. The Morgan fingerprint density at radius 2 is 2.39 bits per heavy atom. The van der Waals surface area contributed by atoms with E-state index in [0.717, 1.165) is 24.7 Å². The van der Waals surface area contributed by atoms with Crippen LogP contribution in [0.15, 0.2) is 18.5 Å². The Balaban J connectivity index is 1.98. The van der Waals surface area contributed by atoms with Crippen molar-refractivity contribution in [3.8, 4) is 0 Å². The third-order valence-corrected chi connectivity index (χ3v) is 3.95. The van der Waals surface area contributed by atoms with Crippen LogP contribution in [-0.4, -0.2) is 35.6 Å². The van der Waals surface area contributed by atoms with Gasteiger partial charge in [0.25, 0.3) is 0 Å². The van der Waals surface area contributed by atoms with Crippen LogP contribution in [0.3, 0.4) is 0 Å². The van der Waals surface area contributed by atoms with Crippen LogP contribution in [0, 0.1) is 0 Å². The van der Waals surface area contributed by atoms with E-state index in [0.29, 0.717) is 6.04 Å². The summed E-state index contributed by atoms with van der Waals surface area (Å²) in [7, 11) is 0. The van der Waals surface area contributed by atoms with Crippen LogP contribution in [-0.2, 0) is 6.54 Å². The number of halogens is 1. The van der Waals surface area contributed by atoms with E-state index < -0.39 is 0 Å². The number of hydrogen-bond acceptors (Lipinski definition) is 3. The number of likely N-dealkylation sites (tertiary alicyclic amines) is 1. The molecule has 18 heavy (non-hydrogen) atoms. The molecular weight excluding hydrogens is 246 g/mol. The Hall–Kier alpha value is -0.640. The third kappa shape index (κ3) is 3.67. The summed E-state index contributed by atoms with van der Waals surface area (Å²) < 4.78 is 0. The van der Waals surface area contributed by atoms with Gasteiger partial charge in [0.1, 0.15) is 0 Å². The van der Waals surface area contributed by atoms with Gasteiger partial charge in [-0.05, 0) is 37.6 Å². The summed E-state index contributed by atoms with van der Waals surface area (Å²) >= 11 is 6.19. The van der Waals surface area contributed by atoms with Gasteiger partial charge in [-0.3, -0.25) is 9.88 Å². The summed E-state index contributed by atoms with van der Waals surface area (Å²) in [6.07, 6.45) is 7.49. The second kappa shape index (κ2) is 7.07. The standard InChI is InChI=1S/C14H22ClN3/c1-2-16-9-13-5-3-4-8-18(13)11-12-6-7-17-10-14(12)15/h6-7,10,13,16H,2-5,8-9,11H2,1H3. The van der Waals surface area contributed by atoms with E-state index in [1.807, 2.05) is 12.3 Å². The van der Waals surface area contributed by atoms with Crippen molar-refractivity contribution < 1.29 is 0 Å². The van der Waals surface area contributed by atoms with Gasteiger partial charge in [-0.25, -0.2) is 0 Å². The van der Waals surface area contributed by atoms with Crippen LogP contribution < -0.4 is 5.32 Å². The third-order valence-electron chi connectivity index (χ3n) is 3.61. The molecular formula is C14H22ClN3. The van der Waals surface area contributed by atoms with E-state index in [-0.39, 0.29) is 0 Å². The zero-order chi connectivity index (χ0) is 12.8. The lowest BCUT2D eigenvalue weighted by molar-refractivity contribution is 0.138. The lowest BCUT2D eigenvalue weighted by Crippen LogP contribution is -2.44. The topological polar surface area (TPSA) is 28.2 Å². The first-order chi connectivity index (χ1) is 8.81. The first-order valence-electron chi connectivity index (χ1n) is 6.84. The molecule has 0 aromatic carbocycles. The second-order valence-corrected chi connectivity index (χ2v) is 5.30. The molecule has 0 bridgehead atoms. The highest BCUT2D eigenvalue weighted by Gasteiger charge is 2.22. The molecule has 1 aromatic rings. The largest absolute Gasteiger partial charge is 0.315 e. The molecule has 0 saturated carbocycles. The van der Waals surface area contributed by atoms with E-state index in [1.165, 1.54) is 31.4 Å². The Morgan fingerprint density at radius 1 is 1.50 bits per heavy atom. The van der Waals surface area contributed by atoms with Gasteiger partial charge >= 0.3 is 0 Å². The number of hydrogen-bond donors (Lipinski definition) is 1. The van der Waals surface area contributed by atoms with E-state index in [4.69, 9.17) is 11.6 Å². The van der Waals surface area contributed by atoms with E-state index >= 15 is 0 Å². The predicted octanol–water partition coefficient (Wildman–Crippen LogP) is 2.70. The highest BCUT2D eigenvalue weighted by atomic mass is 35.5. The zero-order valence-electron chi connectivity index (χ0n) is 11.0. The van der Waals surface area contributed by atoms with Crippen LogP contribution in [0.25, 0.3) is 0 Å². The van der Waals surface area contributed by atoms with Crippen molar-refractivity contribution in [2.45, 2.75) is 38.8 Å². The lowest BCUT2D eigenvalue weighted by atomic mass is 10.0. The Morgan fingerprint density at radius 3 is 3.17 bits per heavy atom. The quantitative estimate of drug-likeness (QED) is 0.889. The van der Waals surface area contributed by atoms with E-state index in [9.17, 15) is 0 Å². The molecule has 1 aromatic heterocycles. The van der Waals surface area contributed by atoms with Crippen LogP contribution in [0.2, 0.25) is 5.02 Å². The molecule has 1 unspecified atom stereocenters. The van der Waals surface area contributed by atoms with Crippen molar-refractivity contribution in [1.29, 1.82) is 0 Å². The minimum Gasteiger partial charge on any atom is -0.315 e. The number of likely N-dealkylation sites (N-methyl/N-ethyl adjacent to an activating group) is 1. The lowest BCUT2D eigenvalue weighted by Gasteiger charge is -2.36. The molecule has 1 atom stereocenters. The van der Waals surface area contributed by atoms with Crippen LogP contribution in [0.4, 0.5) is 0 Å². The molecule has 0 aliphatic carbocycles. The van der Waals surface area contributed by atoms with Crippen molar-refractivity contribution >= 4 is 11.6 Å². The van der Waals surface area contributed by atoms with Crippen LogP contribution in [0.1, 0.15) is 31.7 Å². The molecule has 0 spiro atoms. The summed E-state index contributed by atoms with van der Waals surface area (Å²) in [6, 6.07) is 2.67. The molecule has 0 radical (unpaired) electrons. The molecule has 2 heterocycles. The van der Waals surface area contributed by atoms with Gasteiger partial charge in [0.15, 0.2) is 0 Å². The van der Waals surface area contributed by atoms with Gasteiger partial charge in [-0.1, -0.05) is 24.9 Å². The van der Waals surface area contributed by atoms with Crippen molar-refractivity contribution in [2.75, 3.05) is 19.6 Å². The molecule has 3 nitrogen and oxygen atoms in total. The Kier molecular flexibility index (Phi) is 5.42. The van der Waals surface area contributed by atoms with Gasteiger partial charge in [-0.15, -0.1) is 0 Å². The minimum atomic E-state index is 0.642. The average Bonchev–Trinajstić information content (AvgIpc) is 2.40. The molecule has 1 aliphatic rings. The van der Waals surface area contributed by atoms with E-state index in [1.54, 1.807) is 6.20 Å². The molecule has 1 saturated heterocycles. The normalized spacial score (nSPS) is 21.1. The maximum atomic E-state index is 6.19. The van der Waals surface area contributed by atoms with Crippen LogP contribution >= 0.6 is 11.6 Å². The summed E-state index contributed by atoms with van der Waals surface area (Å²) in [5.41, 5.74) is 1.19. The molecule has 0 amide bonds. The first-order valence-corrected chi connectivity index (χ1v) is 7.22. The fourth-order valence-corrected chi connectivity index (χ4v) is 2.74. The highest BCUT2D eigenvalue weighted by Crippen LogP contribution is 2.22. The maximum absolute atomic E-state index is 6.19. The van der Waals surface area contributed by atoms with Crippen LogP contribution in [0.5, 0.6) is 0 Å². The fraction of sp³-hybridized carbons (Fsp3) is 0.643. The number of nitrogens with one attached hydrogen (secondary N) is 1. The second-order valence-electron chi connectivity index (χ2n) is 4.89. The summed E-state index contributed by atoms with van der Waals surface area (Å²) in [6.45, 7) is 6.40. The summed E-state index contributed by atoms with van der Waals surface area (Å²) in [5, 5.41) is 4.24. The molecule has 100 valence electrons. The zero-order valence-corrected chi connectivity index (χ0v) is 11.8. The van der Waals surface area contributed by atoms with E-state index in [2.05, 4.69) is 22.1 Å². The van der Waals surface area contributed by atoms with Gasteiger partial charge < -0.3 is 5.32 Å². The SMILES string of the molecule is CCNCC1CCCCN1Cc1ccncc1Cl. The molecule has 1 aliphatic heterocycles. The van der Waals surface area contributed by atoms with Gasteiger partial charge in [0.2, 0.25) is 0 Å². The number of pyridine rings is 1. The Bertz CT molecular complexity index is 370. The van der Waals surface area contributed by atoms with Crippen molar-refractivity contribution in [3.63, 3.8) is 0 Å². The smallest absolute Gasteiger partial charge is 0.0634 e. The maximum Gasteiger partial charge on any atom is 0.0634 e. The molecule has 2 rings (SSSR count). The van der Waals surface area contributed by atoms with Crippen molar-refractivity contribution in [3.05, 3.63) is 29.0 Å². The minimum absolute atomic E-state index is 0.642. The summed E-state index contributed by atoms with van der Waals surface area (Å²) in [5.74, 6) is 0. The van der Waals surface area contributed by atoms with Gasteiger partial charge in [0.05, 0.1) is 5.02 Å².